The molecule has 0 radical (unpaired) electrons. The van der Waals surface area contributed by atoms with E-state index in [1.165, 1.54) is 4.68 Å². The van der Waals surface area contributed by atoms with Crippen molar-refractivity contribution in [2.75, 3.05) is 24.5 Å². The van der Waals surface area contributed by atoms with Gasteiger partial charge in [-0.05, 0) is 18.4 Å². The maximum atomic E-state index is 12.3. The second-order valence-corrected chi connectivity index (χ2v) is 6.44. The molecule has 0 aliphatic carbocycles. The lowest BCUT2D eigenvalue weighted by Crippen LogP contribution is -2.31. The second kappa shape index (κ2) is 6.58. The normalized spacial score (nSPS) is 17.0. The van der Waals surface area contributed by atoms with Crippen molar-refractivity contribution in [1.29, 1.82) is 0 Å². The Balaban J connectivity index is 1.35. The molecule has 0 aromatic carbocycles. The number of aromatic nitrogens is 5. The van der Waals surface area contributed by atoms with Gasteiger partial charge >= 0.3 is 0 Å². The third-order valence-electron chi connectivity index (χ3n) is 4.62. The van der Waals surface area contributed by atoms with Crippen LogP contribution in [0.2, 0.25) is 0 Å². The number of nitrogens with one attached hydrogen (secondary N) is 1. The van der Waals surface area contributed by atoms with Gasteiger partial charge in [-0.15, -0.1) is 0 Å². The molecule has 1 amide bonds. The first-order valence-corrected chi connectivity index (χ1v) is 8.46. The molecule has 1 unspecified atom stereocenters. The number of aryl methyl sites for hydroxylation is 1. The number of rotatable bonds is 4. The summed E-state index contributed by atoms with van der Waals surface area (Å²) in [6.45, 7) is 2.18. The lowest BCUT2D eigenvalue weighted by molar-refractivity contribution is 0.0944. The molecular weight excluding hydrogens is 334 g/mol. The highest BCUT2D eigenvalue weighted by Crippen LogP contribution is 2.21. The van der Waals surface area contributed by atoms with E-state index in [2.05, 4.69) is 25.3 Å². The number of amides is 1. The summed E-state index contributed by atoms with van der Waals surface area (Å²) in [7, 11) is 1.63. The molecule has 1 N–H and O–H groups in total. The van der Waals surface area contributed by atoms with E-state index in [1.807, 2.05) is 0 Å². The van der Waals surface area contributed by atoms with Gasteiger partial charge in [-0.25, -0.2) is 14.6 Å². The van der Waals surface area contributed by atoms with Crippen molar-refractivity contribution in [2.24, 2.45) is 13.0 Å². The topological polar surface area (TPSA) is 97.4 Å². The number of carbonyl (C=O) groups excluding carboxylic acids is 1. The highest BCUT2D eigenvalue weighted by atomic mass is 16.2. The fourth-order valence-corrected chi connectivity index (χ4v) is 3.13. The van der Waals surface area contributed by atoms with Crippen LogP contribution in [-0.2, 0) is 7.05 Å². The number of carbonyl (C=O) groups is 1. The van der Waals surface area contributed by atoms with E-state index in [-0.39, 0.29) is 11.5 Å². The highest BCUT2D eigenvalue weighted by Gasteiger charge is 2.24. The van der Waals surface area contributed by atoms with Crippen LogP contribution < -0.4 is 15.8 Å². The Kier molecular flexibility index (Phi) is 4.11. The first-order chi connectivity index (χ1) is 12.6. The van der Waals surface area contributed by atoms with Crippen molar-refractivity contribution in [2.45, 2.75) is 6.42 Å². The minimum atomic E-state index is -0.204. The van der Waals surface area contributed by atoms with Gasteiger partial charge < -0.3 is 10.2 Å². The zero-order valence-corrected chi connectivity index (χ0v) is 14.4. The molecule has 1 fully saturated rings. The molecule has 0 bridgehead atoms. The smallest absolute Gasteiger partial charge is 0.271 e. The van der Waals surface area contributed by atoms with E-state index < -0.39 is 0 Å². The lowest BCUT2D eigenvalue weighted by Gasteiger charge is -2.18. The van der Waals surface area contributed by atoms with E-state index in [1.54, 1.807) is 48.4 Å². The molecule has 1 aliphatic rings. The van der Waals surface area contributed by atoms with E-state index >= 15 is 0 Å². The SMILES string of the molecule is Cn1ncc(N2CCC(CNC(=O)c3cn4cccnc4n3)C2)cc1=O. The van der Waals surface area contributed by atoms with Crippen LogP contribution >= 0.6 is 0 Å². The molecule has 0 saturated carbocycles. The number of hydrogen-bond donors (Lipinski definition) is 1. The summed E-state index contributed by atoms with van der Waals surface area (Å²) >= 11 is 0. The molecule has 9 heteroatoms. The Hall–Kier alpha value is -3.23. The molecule has 0 spiro atoms. The third-order valence-corrected chi connectivity index (χ3v) is 4.62. The van der Waals surface area contributed by atoms with Crippen molar-refractivity contribution in [3.8, 4) is 0 Å². The maximum Gasteiger partial charge on any atom is 0.271 e. The molecule has 26 heavy (non-hydrogen) atoms. The number of imidazole rings is 1. The van der Waals surface area contributed by atoms with Crippen molar-refractivity contribution in [3.05, 3.63) is 53.0 Å². The summed E-state index contributed by atoms with van der Waals surface area (Å²) in [5, 5.41) is 7.00. The molecule has 3 aromatic heterocycles. The monoisotopic (exact) mass is 353 g/mol. The summed E-state index contributed by atoms with van der Waals surface area (Å²) in [6.07, 6.45) is 7.76. The minimum absolute atomic E-state index is 0.125. The quantitative estimate of drug-likeness (QED) is 0.713. The predicted molar refractivity (Wildman–Crippen MR) is 95.1 cm³/mol. The fraction of sp³-hybridized carbons (Fsp3) is 0.353. The Morgan fingerprint density at radius 1 is 1.42 bits per heavy atom. The Labute approximate surface area is 149 Å². The van der Waals surface area contributed by atoms with E-state index in [0.717, 1.165) is 25.2 Å². The number of fused-ring (bicyclic) bond motifs is 1. The molecular formula is C17H19N7O2. The molecule has 1 saturated heterocycles. The highest BCUT2D eigenvalue weighted by molar-refractivity contribution is 5.92. The summed E-state index contributed by atoms with van der Waals surface area (Å²) < 4.78 is 3.02. The first-order valence-electron chi connectivity index (χ1n) is 8.46. The molecule has 4 heterocycles. The van der Waals surface area contributed by atoms with Crippen LogP contribution in [0.1, 0.15) is 16.9 Å². The van der Waals surface area contributed by atoms with E-state index in [9.17, 15) is 9.59 Å². The van der Waals surface area contributed by atoms with Gasteiger partial charge in [0.05, 0.1) is 11.9 Å². The van der Waals surface area contributed by atoms with E-state index in [0.29, 0.717) is 23.9 Å². The summed E-state index contributed by atoms with van der Waals surface area (Å²) in [6, 6.07) is 3.38. The maximum absolute atomic E-state index is 12.3. The van der Waals surface area contributed by atoms with Crippen LogP contribution in [0.25, 0.3) is 5.78 Å². The van der Waals surface area contributed by atoms with E-state index in [4.69, 9.17) is 0 Å². The largest absolute Gasteiger partial charge is 0.370 e. The van der Waals surface area contributed by atoms with Gasteiger partial charge in [0.15, 0.2) is 0 Å². The molecule has 3 aromatic rings. The van der Waals surface area contributed by atoms with Gasteiger partial charge in [-0.1, -0.05) is 0 Å². The van der Waals surface area contributed by atoms with Crippen molar-refractivity contribution < 1.29 is 4.79 Å². The number of anilines is 1. The van der Waals surface area contributed by atoms with Gasteiger partial charge in [0.2, 0.25) is 5.78 Å². The molecule has 134 valence electrons. The average molecular weight is 353 g/mol. The van der Waals surface area contributed by atoms with Gasteiger partial charge in [-0.2, -0.15) is 5.10 Å². The lowest BCUT2D eigenvalue weighted by atomic mass is 10.1. The predicted octanol–water partition coefficient (Wildman–Crippen LogP) is 0.0793. The summed E-state index contributed by atoms with van der Waals surface area (Å²) in [5.74, 6) is 0.616. The molecule has 1 atom stereocenters. The Morgan fingerprint density at radius 2 is 2.31 bits per heavy atom. The third kappa shape index (κ3) is 3.15. The fourth-order valence-electron chi connectivity index (χ4n) is 3.13. The summed E-state index contributed by atoms with van der Waals surface area (Å²) in [5.41, 5.74) is 1.06. The second-order valence-electron chi connectivity index (χ2n) is 6.44. The molecule has 9 nitrogen and oxygen atoms in total. The van der Waals surface area contributed by atoms with Crippen molar-refractivity contribution in [3.63, 3.8) is 0 Å². The van der Waals surface area contributed by atoms with Gasteiger partial charge in [0, 0.05) is 51.3 Å². The zero-order valence-electron chi connectivity index (χ0n) is 14.4. The Morgan fingerprint density at radius 3 is 3.12 bits per heavy atom. The van der Waals surface area contributed by atoms with Crippen LogP contribution in [0.4, 0.5) is 5.69 Å². The Bertz CT molecular complexity index is 977. The van der Waals surface area contributed by atoms with Gasteiger partial charge in [0.1, 0.15) is 5.69 Å². The number of hydrogen-bond acceptors (Lipinski definition) is 6. The van der Waals surface area contributed by atoms with Crippen LogP contribution in [-0.4, -0.2) is 49.7 Å². The summed E-state index contributed by atoms with van der Waals surface area (Å²) in [4.78, 5) is 34.5. The van der Waals surface area contributed by atoms with Crippen LogP contribution in [0.15, 0.2) is 41.7 Å². The zero-order chi connectivity index (χ0) is 18.1. The standard InChI is InChI=1S/C17H19N7O2/c1-22-15(25)7-13(9-20-22)23-6-3-12(10-23)8-19-16(26)14-11-24-5-2-4-18-17(24)21-14/h2,4-5,7,9,11-12H,3,6,8,10H2,1H3,(H,19,26). The molecule has 1 aliphatic heterocycles. The first kappa shape index (κ1) is 16.2. The number of nitrogens with zero attached hydrogens (tertiary/aromatic N) is 6. The van der Waals surface area contributed by atoms with Crippen molar-refractivity contribution >= 4 is 17.4 Å². The van der Waals surface area contributed by atoms with Gasteiger partial charge in [-0.3, -0.25) is 14.0 Å². The average Bonchev–Trinajstić information content (AvgIpc) is 3.28. The molecule has 4 rings (SSSR count). The van der Waals surface area contributed by atoms with Crippen molar-refractivity contribution in [1.82, 2.24) is 29.5 Å². The van der Waals surface area contributed by atoms with Gasteiger partial charge in [0.25, 0.3) is 11.5 Å². The van der Waals surface area contributed by atoms with Crippen LogP contribution in [0, 0.1) is 5.92 Å². The minimum Gasteiger partial charge on any atom is -0.370 e. The van der Waals surface area contributed by atoms with Crippen LogP contribution in [0.3, 0.4) is 0 Å². The van der Waals surface area contributed by atoms with Crippen LogP contribution in [0.5, 0.6) is 0 Å².